The van der Waals surface area contributed by atoms with E-state index in [1.807, 2.05) is 42.5 Å². The van der Waals surface area contributed by atoms with E-state index >= 15 is 0 Å². The fraction of sp³-hybridized carbons (Fsp3) is 0.533. The van der Waals surface area contributed by atoms with E-state index in [1.54, 1.807) is 6.33 Å². The molecule has 1 fully saturated rings. The minimum Gasteiger partial charge on any atom is -0.464 e. The Balaban J connectivity index is 1.66. The smallest absolute Gasteiger partial charge is 0.318 e. The number of rotatable bonds is 5. The molecule has 1 aliphatic carbocycles. The fourth-order valence-electron chi connectivity index (χ4n) is 2.51. The van der Waals surface area contributed by atoms with Crippen molar-refractivity contribution < 1.29 is 9.21 Å². The number of furan rings is 1. The number of carbonyl (C=O) groups is 1. The molecule has 3 rings (SSSR count). The van der Waals surface area contributed by atoms with Gasteiger partial charge in [0.2, 0.25) is 0 Å². The number of hydrogen-bond donors (Lipinski definition) is 1. The van der Waals surface area contributed by atoms with Gasteiger partial charge in [-0.3, -0.25) is 0 Å². The van der Waals surface area contributed by atoms with Gasteiger partial charge < -0.3 is 19.2 Å². The monoisotopic (exact) mass is 303 g/mol. The summed E-state index contributed by atoms with van der Waals surface area (Å²) < 4.78 is 7.40. The number of urea groups is 1. The van der Waals surface area contributed by atoms with Gasteiger partial charge in [0.05, 0.1) is 12.6 Å². The van der Waals surface area contributed by atoms with Gasteiger partial charge in [0, 0.05) is 13.1 Å². The number of aryl methyl sites for hydroxylation is 2. The highest BCUT2D eigenvalue weighted by atomic mass is 16.3. The van der Waals surface area contributed by atoms with Crippen molar-refractivity contribution in [2.75, 3.05) is 0 Å². The quantitative estimate of drug-likeness (QED) is 0.918. The molecule has 7 nitrogen and oxygen atoms in total. The first-order chi connectivity index (χ1) is 10.5. The summed E-state index contributed by atoms with van der Waals surface area (Å²) in [6.07, 6.45) is 3.72. The molecule has 1 aliphatic rings. The topological polar surface area (TPSA) is 76.2 Å². The van der Waals surface area contributed by atoms with Gasteiger partial charge in [-0.1, -0.05) is 0 Å². The molecule has 1 N–H and O–H groups in total. The molecular formula is C15H21N5O2. The number of amides is 2. The van der Waals surface area contributed by atoms with Crippen LogP contribution in [-0.4, -0.2) is 31.7 Å². The maximum atomic E-state index is 12.6. The molecule has 7 heteroatoms. The Morgan fingerprint density at radius 2 is 2.32 bits per heavy atom. The first-order valence-corrected chi connectivity index (χ1v) is 7.51. The molecule has 2 aromatic rings. The van der Waals surface area contributed by atoms with E-state index in [1.165, 1.54) is 0 Å². The zero-order chi connectivity index (χ0) is 15.7. The zero-order valence-corrected chi connectivity index (χ0v) is 13.1. The molecule has 0 radical (unpaired) electrons. The lowest BCUT2D eigenvalue weighted by atomic mass is 10.3. The summed E-state index contributed by atoms with van der Waals surface area (Å²) in [7, 11) is 1.86. The highest BCUT2D eigenvalue weighted by Crippen LogP contribution is 2.29. The first kappa shape index (κ1) is 14.6. The van der Waals surface area contributed by atoms with Crippen LogP contribution >= 0.6 is 0 Å². The third-order valence-corrected chi connectivity index (χ3v) is 3.84. The Kier molecular flexibility index (Phi) is 3.87. The third kappa shape index (κ3) is 3.13. The van der Waals surface area contributed by atoms with E-state index in [4.69, 9.17) is 4.42 Å². The van der Waals surface area contributed by atoms with Crippen molar-refractivity contribution in [1.29, 1.82) is 0 Å². The molecular weight excluding hydrogens is 282 g/mol. The Labute approximate surface area is 129 Å². The number of nitrogens with one attached hydrogen (secondary N) is 1. The van der Waals surface area contributed by atoms with E-state index in [0.717, 1.165) is 30.2 Å². The predicted octanol–water partition coefficient (Wildman–Crippen LogP) is 2.15. The second kappa shape index (κ2) is 5.82. The van der Waals surface area contributed by atoms with Gasteiger partial charge in [-0.05, 0) is 38.8 Å². The molecule has 1 atom stereocenters. The summed E-state index contributed by atoms with van der Waals surface area (Å²) >= 11 is 0. The first-order valence-electron chi connectivity index (χ1n) is 7.51. The Morgan fingerprint density at radius 1 is 1.55 bits per heavy atom. The lowest BCUT2D eigenvalue weighted by Crippen LogP contribution is -2.42. The molecule has 1 saturated carbocycles. The van der Waals surface area contributed by atoms with Crippen LogP contribution in [0.2, 0.25) is 0 Å². The molecule has 0 saturated heterocycles. The van der Waals surface area contributed by atoms with Gasteiger partial charge >= 0.3 is 6.03 Å². The summed E-state index contributed by atoms with van der Waals surface area (Å²) in [5.41, 5.74) is 0. The highest BCUT2D eigenvalue weighted by molar-refractivity contribution is 5.75. The van der Waals surface area contributed by atoms with Crippen LogP contribution in [0.3, 0.4) is 0 Å². The Morgan fingerprint density at radius 3 is 2.86 bits per heavy atom. The summed E-state index contributed by atoms with van der Waals surface area (Å²) in [4.78, 5) is 14.4. The minimum absolute atomic E-state index is 0.0907. The standard InChI is InChI=1S/C15H21N5O2/c1-10-4-7-13(22-10)8-20(12-5-6-12)15(21)17-11(2)14-18-16-9-19(14)3/h4,7,9,11-12H,5-6,8H2,1-3H3,(H,17,21). The van der Waals surface area contributed by atoms with Gasteiger partial charge in [-0.2, -0.15) is 0 Å². The van der Waals surface area contributed by atoms with Crippen LogP contribution < -0.4 is 5.32 Å². The van der Waals surface area contributed by atoms with Crippen molar-refractivity contribution in [2.24, 2.45) is 7.05 Å². The van der Waals surface area contributed by atoms with Crippen LogP contribution in [0.1, 0.15) is 43.2 Å². The largest absolute Gasteiger partial charge is 0.464 e. The summed E-state index contributed by atoms with van der Waals surface area (Å²) in [5, 5.41) is 10.9. The van der Waals surface area contributed by atoms with E-state index in [9.17, 15) is 4.79 Å². The van der Waals surface area contributed by atoms with Crippen LogP contribution in [-0.2, 0) is 13.6 Å². The van der Waals surface area contributed by atoms with Crippen molar-refractivity contribution in [2.45, 2.75) is 45.3 Å². The Hall–Kier alpha value is -2.31. The van der Waals surface area contributed by atoms with E-state index < -0.39 is 0 Å². The van der Waals surface area contributed by atoms with E-state index in [0.29, 0.717) is 12.6 Å². The molecule has 0 bridgehead atoms. The van der Waals surface area contributed by atoms with Crippen LogP contribution in [0.25, 0.3) is 0 Å². The van der Waals surface area contributed by atoms with Crippen molar-refractivity contribution in [3.05, 3.63) is 35.8 Å². The lowest BCUT2D eigenvalue weighted by Gasteiger charge is -2.24. The van der Waals surface area contributed by atoms with Crippen molar-refractivity contribution in [3.63, 3.8) is 0 Å². The number of hydrogen-bond acceptors (Lipinski definition) is 4. The third-order valence-electron chi connectivity index (χ3n) is 3.84. The van der Waals surface area contributed by atoms with Gasteiger partial charge in [0.15, 0.2) is 5.82 Å². The highest BCUT2D eigenvalue weighted by Gasteiger charge is 2.34. The van der Waals surface area contributed by atoms with Crippen molar-refractivity contribution >= 4 is 6.03 Å². The summed E-state index contributed by atoms with van der Waals surface area (Å²) in [6, 6.07) is 3.86. The average molecular weight is 303 g/mol. The second-order valence-corrected chi connectivity index (χ2v) is 5.84. The normalized spacial score (nSPS) is 15.6. The van der Waals surface area contributed by atoms with Crippen LogP contribution in [0.5, 0.6) is 0 Å². The molecule has 0 spiro atoms. The van der Waals surface area contributed by atoms with Gasteiger partial charge in [-0.15, -0.1) is 10.2 Å². The van der Waals surface area contributed by atoms with Gasteiger partial charge in [0.1, 0.15) is 17.8 Å². The fourth-order valence-corrected chi connectivity index (χ4v) is 2.51. The number of aromatic nitrogens is 3. The molecule has 22 heavy (non-hydrogen) atoms. The second-order valence-electron chi connectivity index (χ2n) is 5.84. The summed E-state index contributed by atoms with van der Waals surface area (Å²) in [5.74, 6) is 2.41. The summed E-state index contributed by atoms with van der Waals surface area (Å²) in [6.45, 7) is 4.31. The zero-order valence-electron chi connectivity index (χ0n) is 13.1. The van der Waals surface area contributed by atoms with Crippen LogP contribution in [0.15, 0.2) is 22.9 Å². The van der Waals surface area contributed by atoms with Gasteiger partial charge in [-0.25, -0.2) is 4.79 Å². The maximum absolute atomic E-state index is 12.6. The SMILES string of the molecule is Cc1ccc(CN(C(=O)NC(C)c2nncn2C)C2CC2)o1. The number of carbonyl (C=O) groups excluding carboxylic acids is 1. The molecule has 0 aliphatic heterocycles. The maximum Gasteiger partial charge on any atom is 0.318 e. The molecule has 1 unspecified atom stereocenters. The number of nitrogens with zero attached hydrogens (tertiary/aromatic N) is 4. The van der Waals surface area contributed by atoms with Crippen molar-refractivity contribution in [1.82, 2.24) is 25.0 Å². The lowest BCUT2D eigenvalue weighted by molar-refractivity contribution is 0.183. The van der Waals surface area contributed by atoms with Crippen molar-refractivity contribution in [3.8, 4) is 0 Å². The average Bonchev–Trinajstić information content (AvgIpc) is 3.09. The molecule has 0 aromatic carbocycles. The molecule has 2 heterocycles. The Bertz CT molecular complexity index is 658. The molecule has 2 aromatic heterocycles. The van der Waals surface area contributed by atoms with E-state index in [2.05, 4.69) is 15.5 Å². The van der Waals surface area contributed by atoms with Crippen LogP contribution in [0, 0.1) is 6.92 Å². The van der Waals surface area contributed by atoms with Crippen LogP contribution in [0.4, 0.5) is 4.79 Å². The minimum atomic E-state index is -0.195. The molecule has 118 valence electrons. The molecule has 2 amide bonds. The van der Waals surface area contributed by atoms with E-state index in [-0.39, 0.29) is 12.1 Å². The predicted molar refractivity (Wildman–Crippen MR) is 80.0 cm³/mol. The van der Waals surface area contributed by atoms with Gasteiger partial charge in [0.25, 0.3) is 0 Å².